The molecule has 1 aliphatic rings. The summed E-state index contributed by atoms with van der Waals surface area (Å²) in [6.07, 6.45) is 10.8. The highest BCUT2D eigenvalue weighted by molar-refractivity contribution is 5.92. The zero-order chi connectivity index (χ0) is 33.8. The molecular weight excluding hydrogens is 604 g/mol. The fraction of sp³-hybridized carbons (Fsp3) is 0.273. The van der Waals surface area contributed by atoms with E-state index in [0.717, 1.165) is 64.5 Å². The molecule has 6 rings (SSSR count). The maximum Gasteiger partial charge on any atom is 0.120 e. The third-order valence-corrected chi connectivity index (χ3v) is 9.20. The van der Waals surface area contributed by atoms with Gasteiger partial charge >= 0.3 is 0 Å². The Hall–Kier alpha value is -5.00. The Bertz CT molecular complexity index is 1850. The first-order valence-electron chi connectivity index (χ1n) is 17.5. The van der Waals surface area contributed by atoms with Crippen molar-refractivity contribution in [2.75, 3.05) is 32.8 Å². The predicted molar refractivity (Wildman–Crippen MR) is 203 cm³/mol. The van der Waals surface area contributed by atoms with E-state index in [1.54, 1.807) is 6.08 Å². The monoisotopic (exact) mass is 652 g/mol. The highest BCUT2D eigenvalue weighted by Crippen LogP contribution is 2.37. The lowest BCUT2D eigenvalue weighted by Gasteiger charge is -2.19. The smallest absolute Gasteiger partial charge is 0.120 e. The number of rotatable bonds is 15. The number of ether oxygens (including phenoxy) is 3. The molecule has 49 heavy (non-hydrogen) atoms. The molecule has 1 aliphatic heterocycles. The Labute approximate surface area is 291 Å². The van der Waals surface area contributed by atoms with Crippen LogP contribution in [0.5, 0.6) is 17.2 Å². The molecule has 0 unspecified atom stereocenters. The summed E-state index contributed by atoms with van der Waals surface area (Å²) in [6.45, 7) is 15.8. The third kappa shape index (κ3) is 9.13. The summed E-state index contributed by atoms with van der Waals surface area (Å²) >= 11 is 0. The standard InChI is InChI=1S/C44H48N2O3/c1-4-5-13-34(2)32-48-41-24-25-43-42(30-41)35(3)44(38-18-22-40(23-19-38)49-33-37-14-9-8-10-15-37)46(43)31-36-16-20-39(21-17-36)47-29-28-45-26-11-6-7-12-27-45/h4-5,8-10,13-25,30H,1-2,6-7,11-12,26-29,31-33H2,3H3. The minimum Gasteiger partial charge on any atom is -0.492 e. The van der Waals surface area contributed by atoms with E-state index < -0.39 is 0 Å². The van der Waals surface area contributed by atoms with E-state index in [1.165, 1.54) is 55.6 Å². The Balaban J connectivity index is 1.22. The first-order chi connectivity index (χ1) is 24.1. The average Bonchev–Trinajstić information content (AvgIpc) is 3.26. The normalized spacial score (nSPS) is 13.7. The summed E-state index contributed by atoms with van der Waals surface area (Å²) in [4.78, 5) is 2.54. The van der Waals surface area contributed by atoms with Crippen LogP contribution in [0.25, 0.3) is 22.2 Å². The van der Waals surface area contributed by atoms with Crippen LogP contribution in [0.2, 0.25) is 0 Å². The molecule has 1 aromatic heterocycles. The van der Waals surface area contributed by atoms with Crippen molar-refractivity contribution in [2.24, 2.45) is 0 Å². The van der Waals surface area contributed by atoms with Crippen LogP contribution in [0.4, 0.5) is 0 Å². The summed E-state index contributed by atoms with van der Waals surface area (Å²) in [5, 5.41) is 1.16. The molecule has 0 bridgehead atoms. The van der Waals surface area contributed by atoms with Crippen LogP contribution >= 0.6 is 0 Å². The maximum absolute atomic E-state index is 6.17. The van der Waals surface area contributed by atoms with Gasteiger partial charge in [0.15, 0.2) is 0 Å². The van der Waals surface area contributed by atoms with Crippen molar-refractivity contribution in [2.45, 2.75) is 45.8 Å². The summed E-state index contributed by atoms with van der Waals surface area (Å²) in [5.74, 6) is 2.59. The molecule has 0 atom stereocenters. The van der Waals surface area contributed by atoms with Crippen LogP contribution in [0.3, 0.4) is 0 Å². The van der Waals surface area contributed by atoms with Gasteiger partial charge in [-0.2, -0.15) is 0 Å². The average molecular weight is 653 g/mol. The van der Waals surface area contributed by atoms with Crippen LogP contribution in [-0.4, -0.2) is 42.3 Å². The minimum atomic E-state index is 0.416. The summed E-state index contributed by atoms with van der Waals surface area (Å²) in [5.41, 5.74) is 7.93. The van der Waals surface area contributed by atoms with Crippen LogP contribution < -0.4 is 14.2 Å². The predicted octanol–water partition coefficient (Wildman–Crippen LogP) is 10.2. The highest BCUT2D eigenvalue weighted by atomic mass is 16.5. The van der Waals surface area contributed by atoms with Gasteiger partial charge in [0.05, 0.1) is 5.69 Å². The second-order valence-corrected chi connectivity index (χ2v) is 12.8. The van der Waals surface area contributed by atoms with Crippen LogP contribution in [0.15, 0.2) is 134 Å². The van der Waals surface area contributed by atoms with E-state index in [1.807, 2.05) is 36.4 Å². The van der Waals surface area contributed by atoms with Gasteiger partial charge in [-0.05, 0) is 115 Å². The number of nitrogens with zero attached hydrogens (tertiary/aromatic N) is 2. The lowest BCUT2D eigenvalue weighted by atomic mass is 10.1. The second-order valence-electron chi connectivity index (χ2n) is 12.8. The van der Waals surface area contributed by atoms with Gasteiger partial charge in [-0.25, -0.2) is 0 Å². The first-order valence-corrected chi connectivity index (χ1v) is 17.5. The van der Waals surface area contributed by atoms with Gasteiger partial charge in [-0.15, -0.1) is 0 Å². The molecule has 252 valence electrons. The number of likely N-dealkylation sites (tertiary alicyclic amines) is 1. The number of fused-ring (bicyclic) bond motifs is 1. The van der Waals surface area contributed by atoms with E-state index in [4.69, 9.17) is 14.2 Å². The third-order valence-electron chi connectivity index (χ3n) is 9.20. The molecule has 5 heteroatoms. The molecule has 0 radical (unpaired) electrons. The number of benzene rings is 4. The van der Waals surface area contributed by atoms with Gasteiger partial charge in [-0.1, -0.05) is 86.7 Å². The number of hydrogen-bond donors (Lipinski definition) is 0. The van der Waals surface area contributed by atoms with Crippen molar-refractivity contribution < 1.29 is 14.2 Å². The summed E-state index contributed by atoms with van der Waals surface area (Å²) < 4.78 is 20.8. The second kappa shape index (κ2) is 16.9. The van der Waals surface area contributed by atoms with Gasteiger partial charge in [0.25, 0.3) is 0 Å². The first kappa shape index (κ1) is 33.9. The quantitative estimate of drug-likeness (QED) is 0.106. The zero-order valence-electron chi connectivity index (χ0n) is 28.8. The van der Waals surface area contributed by atoms with E-state index in [9.17, 15) is 0 Å². The van der Waals surface area contributed by atoms with Crippen molar-refractivity contribution in [1.29, 1.82) is 0 Å². The number of hydrogen-bond acceptors (Lipinski definition) is 4. The molecule has 0 saturated carbocycles. The van der Waals surface area contributed by atoms with Crippen molar-refractivity contribution in [1.82, 2.24) is 9.47 Å². The van der Waals surface area contributed by atoms with Crippen LogP contribution in [0.1, 0.15) is 42.4 Å². The molecule has 5 aromatic rings. The maximum atomic E-state index is 6.17. The molecule has 1 fully saturated rings. The van der Waals surface area contributed by atoms with Gasteiger partial charge in [0.1, 0.15) is 37.1 Å². The number of aryl methyl sites for hydroxylation is 1. The Morgan fingerprint density at radius 3 is 2.18 bits per heavy atom. The molecule has 0 spiro atoms. The molecular formula is C44H48N2O3. The minimum absolute atomic E-state index is 0.416. The van der Waals surface area contributed by atoms with Gasteiger partial charge in [-0.3, -0.25) is 4.90 Å². The fourth-order valence-corrected chi connectivity index (χ4v) is 6.53. The fourth-order valence-electron chi connectivity index (χ4n) is 6.53. The van der Waals surface area contributed by atoms with Gasteiger partial charge < -0.3 is 18.8 Å². The van der Waals surface area contributed by atoms with Crippen molar-refractivity contribution in [3.05, 3.63) is 151 Å². The lowest BCUT2D eigenvalue weighted by Crippen LogP contribution is -2.29. The van der Waals surface area contributed by atoms with Crippen molar-refractivity contribution >= 4 is 10.9 Å². The molecule has 5 nitrogen and oxygen atoms in total. The number of aromatic nitrogens is 1. The van der Waals surface area contributed by atoms with Gasteiger partial charge in [0.2, 0.25) is 0 Å². The highest BCUT2D eigenvalue weighted by Gasteiger charge is 2.18. The van der Waals surface area contributed by atoms with Crippen molar-refractivity contribution in [3.63, 3.8) is 0 Å². The molecule has 0 amide bonds. The topological polar surface area (TPSA) is 35.9 Å². The lowest BCUT2D eigenvalue weighted by molar-refractivity contribution is 0.214. The summed E-state index contributed by atoms with van der Waals surface area (Å²) in [6, 6.07) is 33.7. The SMILES string of the molecule is C=CC=CC(=C)COc1ccc2c(c1)c(C)c(-c1ccc(OCc3ccccc3)cc1)n2Cc1ccc(OCCN2CCCCCC2)cc1. The van der Waals surface area contributed by atoms with E-state index >= 15 is 0 Å². The molecule has 0 aliphatic carbocycles. The Morgan fingerprint density at radius 2 is 1.45 bits per heavy atom. The summed E-state index contributed by atoms with van der Waals surface area (Å²) in [7, 11) is 0. The van der Waals surface area contributed by atoms with Crippen LogP contribution in [-0.2, 0) is 13.2 Å². The Morgan fingerprint density at radius 1 is 0.755 bits per heavy atom. The van der Waals surface area contributed by atoms with Crippen LogP contribution in [0, 0.1) is 6.92 Å². The van der Waals surface area contributed by atoms with Crippen molar-refractivity contribution in [3.8, 4) is 28.5 Å². The largest absolute Gasteiger partial charge is 0.492 e. The molecule has 2 heterocycles. The number of allylic oxidation sites excluding steroid dienone is 2. The molecule has 0 N–H and O–H groups in total. The van der Waals surface area contributed by atoms with E-state index in [2.05, 4.69) is 102 Å². The van der Waals surface area contributed by atoms with Gasteiger partial charge in [0, 0.05) is 24.0 Å². The van der Waals surface area contributed by atoms with E-state index in [-0.39, 0.29) is 0 Å². The zero-order valence-corrected chi connectivity index (χ0v) is 28.8. The molecule has 1 saturated heterocycles. The Kier molecular flexibility index (Phi) is 11.7. The van der Waals surface area contributed by atoms with E-state index in [0.29, 0.717) is 13.2 Å². The molecule has 4 aromatic carbocycles.